The van der Waals surface area contributed by atoms with Crippen LogP contribution in [0.3, 0.4) is 0 Å². The van der Waals surface area contributed by atoms with Gasteiger partial charge in [0.25, 0.3) is 0 Å². The Morgan fingerprint density at radius 1 is 1.14 bits per heavy atom. The molecule has 1 aliphatic heterocycles. The molecule has 0 bridgehead atoms. The number of fused-ring (bicyclic) bond motifs is 3. The zero-order chi connectivity index (χ0) is 21.0. The standard InChI is InChI=1S/C20H17ClF2O5S/c21-11-3-5-12(6-4-11)29(26,27)20-9-1-2-13(19(24)25)14(20)10-28-18-16(23)8-7-15(22)17(18)20/h3-8,13-14H,1-2,9-10H2,(H,24,25)/t13-,14+,20?/m1/s1. The summed E-state index contributed by atoms with van der Waals surface area (Å²) < 4.78 is 60.7. The van der Waals surface area contributed by atoms with Gasteiger partial charge >= 0.3 is 5.97 Å². The molecule has 2 aromatic rings. The fourth-order valence-electron chi connectivity index (χ4n) is 4.69. The maximum atomic E-state index is 15.0. The minimum Gasteiger partial charge on any atom is -0.490 e. The third kappa shape index (κ3) is 2.84. The third-order valence-electron chi connectivity index (χ3n) is 5.96. The highest BCUT2D eigenvalue weighted by molar-refractivity contribution is 7.92. The minimum atomic E-state index is -4.33. The van der Waals surface area contributed by atoms with Crippen molar-refractivity contribution in [1.29, 1.82) is 0 Å². The molecule has 0 amide bonds. The van der Waals surface area contributed by atoms with Crippen molar-refractivity contribution in [3.05, 3.63) is 58.6 Å². The maximum Gasteiger partial charge on any atom is 0.306 e. The molecule has 1 aliphatic carbocycles. The van der Waals surface area contributed by atoms with E-state index in [-0.39, 0.29) is 30.8 Å². The molecule has 1 N–H and O–H groups in total. The summed E-state index contributed by atoms with van der Waals surface area (Å²) in [7, 11) is -4.33. The van der Waals surface area contributed by atoms with Gasteiger partial charge in [-0.2, -0.15) is 0 Å². The van der Waals surface area contributed by atoms with Crippen LogP contribution in [0.25, 0.3) is 0 Å². The topological polar surface area (TPSA) is 80.7 Å². The maximum absolute atomic E-state index is 15.0. The number of carboxylic acid groups (broad SMARTS) is 1. The number of ether oxygens (including phenoxy) is 1. The molecule has 1 heterocycles. The summed E-state index contributed by atoms with van der Waals surface area (Å²) in [5.41, 5.74) is -0.422. The zero-order valence-electron chi connectivity index (χ0n) is 15.1. The molecule has 4 rings (SSSR count). The highest BCUT2D eigenvalue weighted by Gasteiger charge is 2.62. The number of carbonyl (C=O) groups is 1. The second-order valence-corrected chi connectivity index (χ2v) is 9.98. The van der Waals surface area contributed by atoms with Crippen LogP contribution in [-0.2, 0) is 19.4 Å². The van der Waals surface area contributed by atoms with Crippen LogP contribution in [0.5, 0.6) is 5.75 Å². The summed E-state index contributed by atoms with van der Waals surface area (Å²) in [4.78, 5) is 11.8. The monoisotopic (exact) mass is 442 g/mol. The summed E-state index contributed by atoms with van der Waals surface area (Å²) in [6, 6.07) is 7.08. The Labute approximate surface area is 171 Å². The molecule has 9 heteroatoms. The number of aliphatic carboxylic acids is 1. The SMILES string of the molecule is O=C(O)[C@@H]1CCCC2(S(=O)(=O)c3ccc(Cl)cc3)c3c(F)ccc(F)c3OC[C@@H]12. The van der Waals surface area contributed by atoms with E-state index in [9.17, 15) is 22.7 Å². The summed E-state index contributed by atoms with van der Waals surface area (Å²) >= 11 is 5.87. The molecule has 0 radical (unpaired) electrons. The molecule has 3 atom stereocenters. The van der Waals surface area contributed by atoms with Gasteiger partial charge in [0.15, 0.2) is 21.4 Å². The van der Waals surface area contributed by atoms with Gasteiger partial charge in [-0.05, 0) is 49.2 Å². The summed E-state index contributed by atoms with van der Waals surface area (Å²) in [6.45, 7) is -0.336. The van der Waals surface area contributed by atoms with E-state index in [1.54, 1.807) is 0 Å². The molecule has 154 valence electrons. The predicted molar refractivity (Wildman–Crippen MR) is 101 cm³/mol. The van der Waals surface area contributed by atoms with Crippen molar-refractivity contribution in [1.82, 2.24) is 0 Å². The lowest BCUT2D eigenvalue weighted by atomic mass is 9.67. The van der Waals surface area contributed by atoms with Crippen molar-refractivity contribution in [2.75, 3.05) is 6.61 Å². The zero-order valence-corrected chi connectivity index (χ0v) is 16.6. The molecule has 1 unspecified atom stereocenters. The number of hydrogen-bond acceptors (Lipinski definition) is 4. The van der Waals surface area contributed by atoms with Gasteiger partial charge in [-0.3, -0.25) is 4.79 Å². The molecule has 1 saturated carbocycles. The highest BCUT2D eigenvalue weighted by atomic mass is 35.5. The average molecular weight is 443 g/mol. The second kappa shape index (κ2) is 6.95. The molecule has 2 aliphatic rings. The largest absolute Gasteiger partial charge is 0.490 e. The van der Waals surface area contributed by atoms with Crippen molar-refractivity contribution in [2.45, 2.75) is 28.9 Å². The number of sulfone groups is 1. The number of rotatable bonds is 3. The number of benzene rings is 2. The second-order valence-electron chi connectivity index (χ2n) is 7.33. The van der Waals surface area contributed by atoms with Crippen LogP contribution in [0.4, 0.5) is 8.78 Å². The Hall–Kier alpha value is -2.19. The molecular weight excluding hydrogens is 426 g/mol. The van der Waals surface area contributed by atoms with Crippen LogP contribution in [-0.4, -0.2) is 26.1 Å². The van der Waals surface area contributed by atoms with E-state index >= 15 is 4.39 Å². The van der Waals surface area contributed by atoms with Gasteiger partial charge in [0.2, 0.25) is 0 Å². The Morgan fingerprint density at radius 2 is 1.79 bits per heavy atom. The van der Waals surface area contributed by atoms with Crippen molar-refractivity contribution in [3.63, 3.8) is 0 Å². The van der Waals surface area contributed by atoms with Crippen LogP contribution in [0, 0.1) is 23.5 Å². The fourth-order valence-corrected chi connectivity index (χ4v) is 7.23. The molecule has 1 fully saturated rings. The van der Waals surface area contributed by atoms with E-state index in [2.05, 4.69) is 0 Å². The minimum absolute atomic E-state index is 0.0386. The Balaban J connectivity index is 2.05. The molecular formula is C20H17ClF2O5S. The van der Waals surface area contributed by atoms with Crippen LogP contribution in [0.1, 0.15) is 24.8 Å². The molecule has 0 saturated heterocycles. The van der Waals surface area contributed by atoms with Gasteiger partial charge in [-0.1, -0.05) is 18.0 Å². The van der Waals surface area contributed by atoms with E-state index < -0.39 is 55.3 Å². The van der Waals surface area contributed by atoms with Crippen LogP contribution in [0.15, 0.2) is 41.3 Å². The van der Waals surface area contributed by atoms with Crippen molar-refractivity contribution >= 4 is 27.4 Å². The first-order chi connectivity index (χ1) is 13.7. The lowest BCUT2D eigenvalue weighted by Crippen LogP contribution is -2.55. The molecule has 2 aromatic carbocycles. The lowest BCUT2D eigenvalue weighted by molar-refractivity contribution is -0.146. The van der Waals surface area contributed by atoms with Crippen molar-refractivity contribution < 1.29 is 31.8 Å². The lowest BCUT2D eigenvalue weighted by Gasteiger charge is -2.49. The first-order valence-electron chi connectivity index (χ1n) is 9.04. The van der Waals surface area contributed by atoms with Crippen LogP contribution in [0.2, 0.25) is 5.02 Å². The van der Waals surface area contributed by atoms with Gasteiger partial charge in [-0.25, -0.2) is 17.2 Å². The Kier molecular flexibility index (Phi) is 4.82. The van der Waals surface area contributed by atoms with Crippen LogP contribution < -0.4 is 4.74 Å². The quantitative estimate of drug-likeness (QED) is 0.771. The molecule has 29 heavy (non-hydrogen) atoms. The van der Waals surface area contributed by atoms with E-state index in [0.29, 0.717) is 5.02 Å². The average Bonchev–Trinajstić information content (AvgIpc) is 2.69. The number of halogens is 3. The number of hydrogen-bond donors (Lipinski definition) is 1. The summed E-state index contributed by atoms with van der Waals surface area (Å²) in [6.07, 6.45) is 0.423. The Morgan fingerprint density at radius 3 is 2.45 bits per heavy atom. The first kappa shape index (κ1) is 20.1. The van der Waals surface area contributed by atoms with E-state index in [4.69, 9.17) is 16.3 Å². The predicted octanol–water partition coefficient (Wildman–Crippen LogP) is 4.18. The number of carboxylic acids is 1. The van der Waals surface area contributed by atoms with Gasteiger partial charge in [0, 0.05) is 10.9 Å². The van der Waals surface area contributed by atoms with E-state index in [1.165, 1.54) is 24.3 Å². The van der Waals surface area contributed by atoms with Gasteiger partial charge in [0.05, 0.1) is 23.0 Å². The van der Waals surface area contributed by atoms with Crippen molar-refractivity contribution in [3.8, 4) is 5.75 Å². The Bertz CT molecular complexity index is 1090. The van der Waals surface area contributed by atoms with E-state index in [0.717, 1.165) is 12.1 Å². The normalized spacial score (nSPS) is 26.2. The van der Waals surface area contributed by atoms with Gasteiger partial charge < -0.3 is 9.84 Å². The fraction of sp³-hybridized carbons (Fsp3) is 0.350. The molecule has 5 nitrogen and oxygen atoms in total. The van der Waals surface area contributed by atoms with Gasteiger partial charge in [-0.15, -0.1) is 0 Å². The molecule has 0 aromatic heterocycles. The molecule has 0 spiro atoms. The summed E-state index contributed by atoms with van der Waals surface area (Å²) in [5, 5.41) is 10.0. The first-order valence-corrected chi connectivity index (χ1v) is 10.9. The van der Waals surface area contributed by atoms with E-state index in [1.807, 2.05) is 0 Å². The van der Waals surface area contributed by atoms with Crippen LogP contribution >= 0.6 is 11.6 Å². The summed E-state index contributed by atoms with van der Waals surface area (Å²) in [5.74, 6) is -5.61. The van der Waals surface area contributed by atoms with Gasteiger partial charge in [0.1, 0.15) is 10.6 Å². The smallest absolute Gasteiger partial charge is 0.306 e. The highest BCUT2D eigenvalue weighted by Crippen LogP contribution is 2.58. The van der Waals surface area contributed by atoms with Crippen molar-refractivity contribution in [2.24, 2.45) is 11.8 Å². The third-order valence-corrected chi connectivity index (χ3v) is 8.77.